The lowest BCUT2D eigenvalue weighted by Gasteiger charge is -2.15. The first-order chi connectivity index (χ1) is 31.3. The average molecular weight is 804 g/mol. The number of benzene rings is 9. The van der Waals surface area contributed by atoms with Crippen LogP contribution in [0.15, 0.2) is 194 Å². The second kappa shape index (κ2) is 13.1. The zero-order valence-corrected chi connectivity index (χ0v) is 34.2. The number of rotatable bonds is 4. The molecule has 1 aliphatic rings. The molecule has 14 rings (SSSR count). The Morgan fingerprint density at radius 3 is 2.00 bits per heavy atom. The number of fused-ring (bicyclic) bond motifs is 14. The van der Waals surface area contributed by atoms with Crippen molar-refractivity contribution < 1.29 is 0 Å². The summed E-state index contributed by atoms with van der Waals surface area (Å²) in [4.78, 5) is 11.1. The van der Waals surface area contributed by atoms with E-state index in [2.05, 4.69) is 214 Å². The second-order valence-electron chi connectivity index (χ2n) is 16.8. The van der Waals surface area contributed by atoms with Crippen molar-refractivity contribution in [1.82, 2.24) is 23.7 Å². The van der Waals surface area contributed by atoms with Gasteiger partial charge >= 0.3 is 0 Å². The molecule has 0 radical (unpaired) electrons. The molecule has 5 nitrogen and oxygen atoms in total. The standard InChI is InChI=1S/C58H37N5/c1-2-16-39(17-3-1)61-50-24-12-10-21-44(50)48-34-38(28-32-52(48)61)56-46-22-8-11-23-49(46)59-58(60-56)63-53-33-27-36-14-4-6-18-41(36)55(53)47-31-29-40(35-54(47)63)62-51-25-13-9-20-43(51)45-30-26-37-15-5-7-19-42(37)57(45)62/h1-12,14-24,26-35H,13,25H2. The van der Waals surface area contributed by atoms with Crippen LogP contribution in [0.5, 0.6) is 0 Å². The molecule has 4 heterocycles. The molecule has 0 unspecified atom stereocenters. The normalized spacial score (nSPS) is 12.9. The molecule has 0 aliphatic heterocycles. The topological polar surface area (TPSA) is 40.6 Å². The van der Waals surface area contributed by atoms with Crippen LogP contribution >= 0.6 is 0 Å². The summed E-state index contributed by atoms with van der Waals surface area (Å²) in [5.41, 5.74) is 13.6. The molecule has 63 heavy (non-hydrogen) atoms. The van der Waals surface area contributed by atoms with Gasteiger partial charge in [0.1, 0.15) is 0 Å². The van der Waals surface area contributed by atoms with E-state index in [1.165, 1.54) is 70.8 Å². The Balaban J connectivity index is 1.06. The van der Waals surface area contributed by atoms with Crippen LogP contribution in [-0.4, -0.2) is 23.7 Å². The van der Waals surface area contributed by atoms with Crippen LogP contribution in [0.2, 0.25) is 0 Å². The van der Waals surface area contributed by atoms with Gasteiger partial charge in [-0.2, -0.15) is 0 Å². The van der Waals surface area contributed by atoms with E-state index in [1.807, 2.05) is 0 Å². The summed E-state index contributed by atoms with van der Waals surface area (Å²) in [5, 5.41) is 12.0. The third kappa shape index (κ3) is 4.93. The van der Waals surface area contributed by atoms with E-state index in [-0.39, 0.29) is 0 Å². The molecule has 5 heteroatoms. The van der Waals surface area contributed by atoms with Crippen LogP contribution in [0.1, 0.15) is 17.7 Å². The van der Waals surface area contributed by atoms with Crippen molar-refractivity contribution in [3.8, 4) is 28.6 Å². The molecular weight excluding hydrogens is 767 g/mol. The van der Waals surface area contributed by atoms with Crippen molar-refractivity contribution in [3.63, 3.8) is 0 Å². The maximum Gasteiger partial charge on any atom is 0.235 e. The monoisotopic (exact) mass is 803 g/mol. The lowest BCUT2D eigenvalue weighted by atomic mass is 10.0. The number of hydrogen-bond donors (Lipinski definition) is 0. The van der Waals surface area contributed by atoms with Gasteiger partial charge in [0.25, 0.3) is 0 Å². The molecule has 294 valence electrons. The minimum Gasteiger partial charge on any atom is -0.312 e. The van der Waals surface area contributed by atoms with Gasteiger partial charge in [-0.3, -0.25) is 4.57 Å². The van der Waals surface area contributed by atoms with Gasteiger partial charge in [-0.25, -0.2) is 9.97 Å². The number of aromatic nitrogens is 5. The van der Waals surface area contributed by atoms with E-state index < -0.39 is 0 Å². The minimum atomic E-state index is 0.649. The summed E-state index contributed by atoms with van der Waals surface area (Å²) < 4.78 is 7.21. The molecule has 9 aromatic carbocycles. The maximum atomic E-state index is 5.63. The van der Waals surface area contributed by atoms with Gasteiger partial charge in [0.2, 0.25) is 5.95 Å². The molecule has 0 saturated carbocycles. The first-order valence-corrected chi connectivity index (χ1v) is 21.8. The van der Waals surface area contributed by atoms with Crippen molar-refractivity contribution in [2.24, 2.45) is 0 Å². The average Bonchev–Trinajstić information content (AvgIpc) is 3.99. The highest BCUT2D eigenvalue weighted by molar-refractivity contribution is 6.22. The highest BCUT2D eigenvalue weighted by Gasteiger charge is 2.24. The fourth-order valence-electron chi connectivity index (χ4n) is 10.8. The summed E-state index contributed by atoms with van der Waals surface area (Å²) >= 11 is 0. The van der Waals surface area contributed by atoms with Crippen molar-refractivity contribution in [2.45, 2.75) is 12.8 Å². The van der Waals surface area contributed by atoms with Crippen LogP contribution in [-0.2, 0) is 6.42 Å². The quantitative estimate of drug-likeness (QED) is 0.178. The summed E-state index contributed by atoms with van der Waals surface area (Å²) in [7, 11) is 0. The van der Waals surface area contributed by atoms with E-state index in [9.17, 15) is 0 Å². The van der Waals surface area contributed by atoms with Crippen LogP contribution in [0.25, 0.3) is 122 Å². The molecule has 1 aliphatic carbocycles. The van der Waals surface area contributed by atoms with Crippen LogP contribution in [0.3, 0.4) is 0 Å². The molecule has 4 aromatic heterocycles. The molecular formula is C58H37N5. The largest absolute Gasteiger partial charge is 0.312 e. The predicted molar refractivity (Wildman–Crippen MR) is 263 cm³/mol. The molecule has 0 N–H and O–H groups in total. The highest BCUT2D eigenvalue weighted by Crippen LogP contribution is 2.42. The molecule has 0 atom stereocenters. The third-order valence-corrected chi connectivity index (χ3v) is 13.5. The lowest BCUT2D eigenvalue weighted by molar-refractivity contribution is 0.890. The van der Waals surface area contributed by atoms with Crippen molar-refractivity contribution in [3.05, 3.63) is 205 Å². The summed E-state index contributed by atoms with van der Waals surface area (Å²) in [6, 6.07) is 68.2. The second-order valence-corrected chi connectivity index (χ2v) is 16.8. The molecule has 0 amide bonds. The molecule has 0 spiro atoms. The number of allylic oxidation sites excluding steroid dienone is 1. The fourth-order valence-corrected chi connectivity index (χ4v) is 10.8. The Kier molecular flexibility index (Phi) is 7.17. The fraction of sp³-hybridized carbons (Fsp3) is 0.0345. The van der Waals surface area contributed by atoms with Gasteiger partial charge in [-0.05, 0) is 83.6 Å². The molecule has 0 bridgehead atoms. The van der Waals surface area contributed by atoms with Gasteiger partial charge in [0.15, 0.2) is 0 Å². The van der Waals surface area contributed by atoms with Crippen LogP contribution in [0.4, 0.5) is 0 Å². The van der Waals surface area contributed by atoms with Gasteiger partial charge < -0.3 is 9.13 Å². The van der Waals surface area contributed by atoms with Crippen LogP contribution < -0.4 is 0 Å². The van der Waals surface area contributed by atoms with Crippen LogP contribution in [0, 0.1) is 0 Å². The minimum absolute atomic E-state index is 0.649. The van der Waals surface area contributed by atoms with E-state index in [4.69, 9.17) is 9.97 Å². The first-order valence-electron chi connectivity index (χ1n) is 21.8. The smallest absolute Gasteiger partial charge is 0.235 e. The zero-order chi connectivity index (χ0) is 41.2. The predicted octanol–water partition coefficient (Wildman–Crippen LogP) is 14.7. The Bertz CT molecular complexity index is 4090. The summed E-state index contributed by atoms with van der Waals surface area (Å²) in [6.45, 7) is 0. The SMILES string of the molecule is C1=Cc2c(n(-c3ccc4c5c6ccccc6ccc5n(-c5nc(-c6ccc7c(c6)c6ccccc6n7-c6ccccc6)c6ccccc6n5)c4c3)c3c2ccc2ccccc23)CC1. The molecule has 13 aromatic rings. The molecule has 0 saturated heterocycles. The van der Waals surface area contributed by atoms with E-state index in [0.717, 1.165) is 62.9 Å². The number of hydrogen-bond acceptors (Lipinski definition) is 2. The van der Waals surface area contributed by atoms with Gasteiger partial charge in [0.05, 0.1) is 38.8 Å². The van der Waals surface area contributed by atoms with Crippen molar-refractivity contribution in [2.75, 3.05) is 0 Å². The van der Waals surface area contributed by atoms with Gasteiger partial charge in [0, 0.05) is 65.9 Å². The third-order valence-electron chi connectivity index (χ3n) is 13.5. The van der Waals surface area contributed by atoms with Gasteiger partial charge in [-0.1, -0.05) is 146 Å². The number of nitrogens with zero attached hydrogens (tertiary/aromatic N) is 5. The lowest BCUT2D eigenvalue weighted by Crippen LogP contribution is -2.05. The Morgan fingerprint density at radius 1 is 0.413 bits per heavy atom. The summed E-state index contributed by atoms with van der Waals surface area (Å²) in [6.07, 6.45) is 6.64. The Labute approximate surface area is 362 Å². The first kappa shape index (κ1) is 34.4. The Morgan fingerprint density at radius 2 is 1.11 bits per heavy atom. The van der Waals surface area contributed by atoms with E-state index in [1.54, 1.807) is 0 Å². The van der Waals surface area contributed by atoms with Crippen molar-refractivity contribution in [1.29, 1.82) is 0 Å². The summed E-state index contributed by atoms with van der Waals surface area (Å²) in [5.74, 6) is 0.649. The van der Waals surface area contributed by atoms with Gasteiger partial charge in [-0.15, -0.1) is 0 Å². The molecule has 0 fully saturated rings. The van der Waals surface area contributed by atoms with E-state index >= 15 is 0 Å². The van der Waals surface area contributed by atoms with E-state index in [0.29, 0.717) is 5.95 Å². The Hall–Kier alpha value is -8.28. The highest BCUT2D eigenvalue weighted by atomic mass is 15.2. The maximum absolute atomic E-state index is 5.63. The van der Waals surface area contributed by atoms with Crippen molar-refractivity contribution >= 4 is 93.0 Å². The number of para-hydroxylation sites is 3. The zero-order valence-electron chi connectivity index (χ0n) is 34.2.